The molecule has 0 aliphatic rings. The first kappa shape index (κ1) is 26.7. The van der Waals surface area contributed by atoms with E-state index in [1.165, 1.54) is 24.8 Å². The van der Waals surface area contributed by atoms with Crippen molar-refractivity contribution in [2.24, 2.45) is 0 Å². The average Bonchev–Trinajstić information content (AvgIpc) is 2.72. The van der Waals surface area contributed by atoms with Gasteiger partial charge in [0.1, 0.15) is 5.75 Å². The zero-order valence-corrected chi connectivity index (χ0v) is 19.1. The highest BCUT2D eigenvalue weighted by Gasteiger charge is 2.16. The molecule has 0 aliphatic heterocycles. The van der Waals surface area contributed by atoms with Crippen LogP contribution in [0.1, 0.15) is 78.7 Å². The summed E-state index contributed by atoms with van der Waals surface area (Å²) in [6, 6.07) is 17.6. The van der Waals surface area contributed by atoms with Gasteiger partial charge in [0.05, 0.1) is 0 Å². The molecule has 0 saturated carbocycles. The molecule has 0 spiro atoms. The summed E-state index contributed by atoms with van der Waals surface area (Å²) >= 11 is 0. The molecule has 2 aromatic rings. The van der Waals surface area contributed by atoms with Crippen molar-refractivity contribution in [3.63, 3.8) is 0 Å². The Morgan fingerprint density at radius 3 is 1.76 bits per heavy atom. The lowest BCUT2D eigenvalue weighted by Gasteiger charge is -2.28. The van der Waals surface area contributed by atoms with E-state index in [1.807, 2.05) is 0 Å². The molecule has 2 rings (SSSR count). The van der Waals surface area contributed by atoms with Crippen LogP contribution in [0.3, 0.4) is 0 Å². The molecule has 3 heteroatoms. The summed E-state index contributed by atoms with van der Waals surface area (Å²) in [6.45, 7) is 10.7. The average molecular weight is 400 g/mol. The highest BCUT2D eigenvalue weighted by Crippen LogP contribution is 2.23. The summed E-state index contributed by atoms with van der Waals surface area (Å²) in [5.74, 6) is 0.224. The van der Waals surface area contributed by atoms with Crippen LogP contribution in [0, 0.1) is 0 Å². The molecule has 1 N–H and O–H groups in total. The van der Waals surface area contributed by atoms with Gasteiger partial charge in [-0.15, -0.1) is 0 Å². The second-order valence-corrected chi connectivity index (χ2v) is 7.20. The Bertz CT molecular complexity index is 604. The fraction of sp³-hybridized carbons (Fsp3) is 0.500. The molecule has 162 valence electrons. The molecule has 0 saturated heterocycles. The third-order valence-corrected chi connectivity index (χ3v) is 4.28. The molecule has 3 nitrogen and oxygen atoms in total. The Kier molecular flexibility index (Phi) is 16.4. The van der Waals surface area contributed by atoms with Crippen molar-refractivity contribution in [2.75, 3.05) is 4.90 Å². The number of benzene rings is 2. The van der Waals surface area contributed by atoms with Gasteiger partial charge in [-0.05, 0) is 49.1 Å². The summed E-state index contributed by atoms with van der Waals surface area (Å²) in [4.78, 5) is 13.0. The molecular formula is C26H41NO2. The predicted octanol–water partition coefficient (Wildman–Crippen LogP) is 7.38. The zero-order valence-electron chi connectivity index (χ0n) is 19.1. The van der Waals surface area contributed by atoms with E-state index in [0.29, 0.717) is 0 Å². The molecule has 0 radical (unpaired) electrons. The van der Waals surface area contributed by atoms with Gasteiger partial charge < -0.3 is 10.0 Å². The van der Waals surface area contributed by atoms with E-state index in [0.717, 1.165) is 37.8 Å². The van der Waals surface area contributed by atoms with E-state index >= 15 is 0 Å². The number of aryl methyl sites for hydroxylation is 1. The summed E-state index contributed by atoms with van der Waals surface area (Å²) in [5, 5.41) is 9.25. The van der Waals surface area contributed by atoms with E-state index in [-0.39, 0.29) is 11.8 Å². The summed E-state index contributed by atoms with van der Waals surface area (Å²) in [5.41, 5.74) is 2.30. The normalized spacial score (nSPS) is 9.72. The molecule has 0 atom stereocenters. The Morgan fingerprint density at radius 2 is 1.34 bits per heavy atom. The van der Waals surface area contributed by atoms with Crippen molar-refractivity contribution < 1.29 is 9.90 Å². The minimum atomic E-state index is 0.224. The van der Waals surface area contributed by atoms with Gasteiger partial charge >= 0.3 is 0 Å². The van der Waals surface area contributed by atoms with Crippen LogP contribution in [0.4, 0.5) is 5.69 Å². The van der Waals surface area contributed by atoms with Crippen molar-refractivity contribution >= 4 is 12.1 Å². The van der Waals surface area contributed by atoms with Gasteiger partial charge in [-0.1, -0.05) is 90.6 Å². The second kappa shape index (κ2) is 17.8. The highest BCUT2D eigenvalue weighted by atomic mass is 16.3. The molecule has 0 aromatic heterocycles. The standard InChI is InChI=1S/C14H21NO2.C9H12.C3H8/c1-3-5-12(6-4-2)15(11-16)13-7-9-14(17)10-8-13;1-2-6-9-7-4-3-5-8-9;1-3-2/h7-12,17H,3-6H2,1-2H3;3-5,7-8H,2,6H2,1H3;3H2,1-2H3. The largest absolute Gasteiger partial charge is 0.508 e. The summed E-state index contributed by atoms with van der Waals surface area (Å²) in [7, 11) is 0. The topological polar surface area (TPSA) is 40.5 Å². The number of phenolic OH excluding ortho intramolecular Hbond substituents is 1. The molecule has 1 amide bonds. The zero-order chi connectivity index (χ0) is 21.9. The first-order valence-corrected chi connectivity index (χ1v) is 11.1. The quantitative estimate of drug-likeness (QED) is 0.447. The second-order valence-electron chi connectivity index (χ2n) is 7.20. The van der Waals surface area contributed by atoms with Crippen LogP contribution < -0.4 is 4.90 Å². The molecule has 0 heterocycles. The van der Waals surface area contributed by atoms with Crippen LogP contribution in [0.2, 0.25) is 0 Å². The van der Waals surface area contributed by atoms with E-state index in [1.54, 1.807) is 29.2 Å². The summed E-state index contributed by atoms with van der Waals surface area (Å²) < 4.78 is 0. The van der Waals surface area contributed by atoms with Crippen molar-refractivity contribution in [3.05, 3.63) is 60.2 Å². The van der Waals surface area contributed by atoms with E-state index in [2.05, 4.69) is 65.0 Å². The van der Waals surface area contributed by atoms with Gasteiger partial charge in [-0.25, -0.2) is 0 Å². The summed E-state index contributed by atoms with van der Waals surface area (Å²) in [6.07, 6.45) is 8.73. The number of hydrogen-bond acceptors (Lipinski definition) is 2. The van der Waals surface area contributed by atoms with Gasteiger partial charge in [-0.3, -0.25) is 4.79 Å². The van der Waals surface area contributed by atoms with Crippen LogP contribution in [0.25, 0.3) is 0 Å². The lowest BCUT2D eigenvalue weighted by atomic mass is 10.0. The SMILES string of the molecule is CCC.CCCC(CCC)N(C=O)c1ccc(O)cc1.CCCc1ccccc1. The Hall–Kier alpha value is -2.29. The van der Waals surface area contributed by atoms with E-state index in [4.69, 9.17) is 0 Å². The molecular weight excluding hydrogens is 358 g/mol. The highest BCUT2D eigenvalue weighted by molar-refractivity contribution is 5.76. The molecule has 0 bridgehead atoms. The number of aromatic hydroxyl groups is 1. The lowest BCUT2D eigenvalue weighted by molar-refractivity contribution is -0.107. The molecule has 0 aliphatic carbocycles. The molecule has 2 aromatic carbocycles. The smallest absolute Gasteiger partial charge is 0.214 e. The van der Waals surface area contributed by atoms with Crippen molar-refractivity contribution in [2.45, 2.75) is 85.6 Å². The number of hydrogen-bond donors (Lipinski definition) is 1. The maximum atomic E-state index is 11.2. The number of anilines is 1. The van der Waals surface area contributed by atoms with Crippen LogP contribution in [-0.2, 0) is 11.2 Å². The van der Waals surface area contributed by atoms with E-state index in [9.17, 15) is 9.90 Å². The number of rotatable bonds is 9. The Balaban J connectivity index is 0.000000544. The maximum absolute atomic E-state index is 11.2. The van der Waals surface area contributed by atoms with Crippen LogP contribution in [-0.4, -0.2) is 17.6 Å². The monoisotopic (exact) mass is 399 g/mol. The van der Waals surface area contributed by atoms with Crippen LogP contribution in [0.5, 0.6) is 5.75 Å². The molecule has 29 heavy (non-hydrogen) atoms. The third kappa shape index (κ3) is 12.0. The number of carbonyl (C=O) groups excluding carboxylic acids is 1. The van der Waals surface area contributed by atoms with Crippen molar-refractivity contribution in [3.8, 4) is 5.75 Å². The minimum Gasteiger partial charge on any atom is -0.508 e. The predicted molar refractivity (Wildman–Crippen MR) is 127 cm³/mol. The number of amides is 1. The van der Waals surface area contributed by atoms with Gasteiger partial charge in [0, 0.05) is 11.7 Å². The number of phenols is 1. The van der Waals surface area contributed by atoms with E-state index < -0.39 is 0 Å². The van der Waals surface area contributed by atoms with Crippen LogP contribution in [0.15, 0.2) is 54.6 Å². The van der Waals surface area contributed by atoms with Crippen molar-refractivity contribution in [1.82, 2.24) is 0 Å². The number of carbonyl (C=O) groups is 1. The number of nitrogens with zero attached hydrogens (tertiary/aromatic N) is 1. The maximum Gasteiger partial charge on any atom is 0.214 e. The minimum absolute atomic E-state index is 0.224. The van der Waals surface area contributed by atoms with Gasteiger partial charge in [0.2, 0.25) is 6.41 Å². The Labute approximate surface area is 178 Å². The fourth-order valence-electron chi connectivity index (χ4n) is 3.00. The molecule has 0 fully saturated rings. The van der Waals surface area contributed by atoms with Gasteiger partial charge in [0.25, 0.3) is 0 Å². The van der Waals surface area contributed by atoms with Gasteiger partial charge in [-0.2, -0.15) is 0 Å². The van der Waals surface area contributed by atoms with Crippen molar-refractivity contribution in [1.29, 1.82) is 0 Å². The third-order valence-electron chi connectivity index (χ3n) is 4.28. The lowest BCUT2D eigenvalue weighted by Crippen LogP contribution is -2.34. The first-order valence-electron chi connectivity index (χ1n) is 11.1. The van der Waals surface area contributed by atoms with Crippen LogP contribution >= 0.6 is 0 Å². The Morgan fingerprint density at radius 1 is 0.828 bits per heavy atom. The molecule has 0 unspecified atom stereocenters. The fourth-order valence-corrected chi connectivity index (χ4v) is 3.00. The van der Waals surface area contributed by atoms with Gasteiger partial charge in [0.15, 0.2) is 0 Å². The first-order chi connectivity index (χ1) is 14.1.